The first-order valence-electron chi connectivity index (χ1n) is 12.5. The van der Waals surface area contributed by atoms with Crippen molar-refractivity contribution in [1.82, 2.24) is 0 Å². The second-order valence-electron chi connectivity index (χ2n) is 9.20. The van der Waals surface area contributed by atoms with E-state index < -0.39 is 31.7 Å². The normalized spacial score (nSPS) is 15.0. The molecular formula is C26H27Cl2N2O9S2-. The molecule has 11 nitrogen and oxygen atoms in total. The van der Waals surface area contributed by atoms with Crippen molar-refractivity contribution in [3.63, 3.8) is 0 Å². The summed E-state index contributed by atoms with van der Waals surface area (Å²) in [7, 11) is -7.34. The highest BCUT2D eigenvalue weighted by atomic mass is 35.5. The summed E-state index contributed by atoms with van der Waals surface area (Å²) in [5, 5.41) is 0.782. The number of anilines is 1. The summed E-state index contributed by atoms with van der Waals surface area (Å²) < 4.78 is 86.4. The van der Waals surface area contributed by atoms with E-state index in [1.54, 1.807) is 52.0 Å². The number of benzene rings is 2. The molecule has 0 unspecified atom stereocenters. The number of ether oxygens (including phenoxy) is 2. The van der Waals surface area contributed by atoms with Gasteiger partial charge in [0.2, 0.25) is 11.5 Å². The smallest absolute Gasteiger partial charge is 0.374 e. The van der Waals surface area contributed by atoms with Gasteiger partial charge in [-0.25, -0.2) is 16.8 Å². The van der Waals surface area contributed by atoms with Gasteiger partial charge in [-0.3, -0.25) is 0 Å². The Morgan fingerprint density at radius 3 is 2.44 bits per heavy atom. The van der Waals surface area contributed by atoms with Gasteiger partial charge >= 0.3 is 5.89 Å². The van der Waals surface area contributed by atoms with Crippen molar-refractivity contribution in [3.05, 3.63) is 63.8 Å². The van der Waals surface area contributed by atoms with Crippen LogP contribution in [-0.2, 0) is 26.8 Å². The third-order valence-electron chi connectivity index (χ3n) is 6.28. The largest absolute Gasteiger partial charge is 0.748 e. The van der Waals surface area contributed by atoms with Gasteiger partial charge in [0, 0.05) is 47.7 Å². The Kier molecular flexibility index (Phi) is 9.56. The van der Waals surface area contributed by atoms with Crippen molar-refractivity contribution >= 4 is 66.3 Å². The topological polar surface area (TPSA) is 153 Å². The van der Waals surface area contributed by atoms with Gasteiger partial charge in [-0.15, -0.1) is 0 Å². The van der Waals surface area contributed by atoms with Crippen LogP contribution in [-0.4, -0.2) is 51.1 Å². The lowest BCUT2D eigenvalue weighted by atomic mass is 10.1. The fourth-order valence-corrected chi connectivity index (χ4v) is 5.74. The first-order chi connectivity index (χ1) is 19.3. The van der Waals surface area contributed by atoms with Crippen LogP contribution in [0.2, 0.25) is 10.0 Å². The molecule has 4 rings (SSSR count). The highest BCUT2D eigenvalue weighted by Crippen LogP contribution is 2.41. The predicted molar refractivity (Wildman–Crippen MR) is 152 cm³/mol. The monoisotopic (exact) mass is 645 g/mol. The van der Waals surface area contributed by atoms with Crippen molar-refractivity contribution in [3.8, 4) is 11.5 Å². The van der Waals surface area contributed by atoms with E-state index in [0.29, 0.717) is 56.5 Å². The van der Waals surface area contributed by atoms with E-state index in [2.05, 4.69) is 0 Å². The minimum atomic E-state index is -4.41. The molecule has 0 radical (unpaired) electrons. The molecule has 3 aromatic rings. The molecule has 1 aliphatic rings. The van der Waals surface area contributed by atoms with Crippen LogP contribution in [0.4, 0.5) is 5.69 Å². The van der Waals surface area contributed by atoms with Crippen molar-refractivity contribution in [1.29, 1.82) is 0 Å². The maximum Gasteiger partial charge on any atom is 0.374 e. The summed E-state index contributed by atoms with van der Waals surface area (Å²) in [6.45, 7) is 2.25. The predicted octanol–water partition coefficient (Wildman–Crippen LogP) is 4.44. The Bertz CT molecular complexity index is 1730. The zero-order valence-corrected chi connectivity index (χ0v) is 25.3. The molecule has 0 fully saturated rings. The maximum atomic E-state index is 11.2. The van der Waals surface area contributed by atoms with Crippen LogP contribution in [0, 0.1) is 0 Å². The van der Waals surface area contributed by atoms with E-state index >= 15 is 0 Å². The average Bonchev–Trinajstić information content (AvgIpc) is 3.38. The fourth-order valence-electron chi connectivity index (χ4n) is 4.37. The molecule has 0 N–H and O–H groups in total. The van der Waals surface area contributed by atoms with E-state index in [4.69, 9.17) is 37.1 Å². The Morgan fingerprint density at radius 2 is 1.78 bits per heavy atom. The molecule has 0 saturated heterocycles. The standard InChI is InChI=1S/C26H28Cl2N2O9S2/c1-3-17(12-25-29(8-4-10-40(31,32)33)20-14-18(27)6-7-22(20)38-25)13-26-30(9-5-11-41(34,35)36)21-15-19(28)23(37-2)16-24(21)39-26/h6-7,12-16H,3-5,8-11H2,1-2H3,(H-,31,32,33,34,35,36)/p-1. The molecule has 0 aliphatic carbocycles. The summed E-state index contributed by atoms with van der Waals surface area (Å²) in [4.78, 5) is 1.74. The van der Waals surface area contributed by atoms with Gasteiger partial charge in [-0.2, -0.15) is 4.57 Å². The molecule has 2 heterocycles. The number of fused-ring (bicyclic) bond motifs is 2. The molecule has 2 aromatic carbocycles. The van der Waals surface area contributed by atoms with E-state index in [1.165, 1.54) is 7.11 Å². The van der Waals surface area contributed by atoms with Crippen molar-refractivity contribution < 1.29 is 44.4 Å². The molecular weight excluding hydrogens is 619 g/mol. The van der Waals surface area contributed by atoms with E-state index in [1.807, 2.05) is 6.92 Å². The lowest BCUT2D eigenvalue weighted by Crippen LogP contribution is -2.36. The van der Waals surface area contributed by atoms with Crippen LogP contribution in [0.5, 0.6) is 11.5 Å². The summed E-state index contributed by atoms with van der Waals surface area (Å²) in [6, 6.07) is 8.30. The first-order valence-corrected chi connectivity index (χ1v) is 16.4. The Hall–Kier alpha value is -2.81. The molecule has 222 valence electrons. The van der Waals surface area contributed by atoms with Crippen LogP contribution in [0.3, 0.4) is 0 Å². The Balaban J connectivity index is 1.74. The lowest BCUT2D eigenvalue weighted by Gasteiger charge is -2.19. The molecule has 0 spiro atoms. The SMILES string of the molecule is CCC(=Cc1oc2cc(OC)c(Cl)cc2[n+]1CCCS(=O)(=O)[O-])C=C1Oc2ccc(Cl)cc2N1CCCS(=O)(=O)[O-]. The van der Waals surface area contributed by atoms with Gasteiger partial charge in [0.1, 0.15) is 5.75 Å². The van der Waals surface area contributed by atoms with E-state index in [9.17, 15) is 25.9 Å². The van der Waals surface area contributed by atoms with Gasteiger partial charge in [0.15, 0.2) is 12.3 Å². The zero-order chi connectivity index (χ0) is 29.9. The summed E-state index contributed by atoms with van der Waals surface area (Å²) in [6.07, 6.45) is 4.14. The quantitative estimate of drug-likeness (QED) is 0.204. The minimum absolute atomic E-state index is 0.0494. The van der Waals surface area contributed by atoms with Crippen molar-refractivity contribution in [2.75, 3.05) is 30.1 Å². The number of aromatic nitrogens is 1. The first kappa shape index (κ1) is 31.1. The number of hydrogen-bond donors (Lipinski definition) is 0. The molecule has 1 aromatic heterocycles. The number of methoxy groups -OCH3 is 1. The second-order valence-corrected chi connectivity index (χ2v) is 13.1. The number of oxazole rings is 1. The van der Waals surface area contributed by atoms with Crippen LogP contribution >= 0.6 is 23.2 Å². The van der Waals surface area contributed by atoms with Gasteiger partial charge in [-0.05, 0) is 36.6 Å². The number of halogens is 2. The van der Waals surface area contributed by atoms with Gasteiger partial charge < -0.3 is 27.9 Å². The average molecular weight is 647 g/mol. The van der Waals surface area contributed by atoms with Gasteiger partial charge in [0.25, 0.3) is 5.52 Å². The molecule has 41 heavy (non-hydrogen) atoms. The number of hydrogen-bond acceptors (Lipinski definition) is 10. The van der Waals surface area contributed by atoms with Crippen LogP contribution in [0.25, 0.3) is 17.2 Å². The van der Waals surface area contributed by atoms with Gasteiger partial charge in [-0.1, -0.05) is 30.1 Å². The molecule has 0 amide bonds. The lowest BCUT2D eigenvalue weighted by molar-refractivity contribution is -0.677. The zero-order valence-electron chi connectivity index (χ0n) is 22.1. The fraction of sp³-hybridized carbons (Fsp3) is 0.346. The summed E-state index contributed by atoms with van der Waals surface area (Å²) >= 11 is 12.5. The Labute approximate surface area is 248 Å². The molecule has 1 aliphatic heterocycles. The minimum Gasteiger partial charge on any atom is -0.748 e. The van der Waals surface area contributed by atoms with E-state index in [-0.39, 0.29) is 25.9 Å². The van der Waals surface area contributed by atoms with Crippen molar-refractivity contribution in [2.24, 2.45) is 0 Å². The number of nitrogens with zero attached hydrogens (tertiary/aromatic N) is 2. The van der Waals surface area contributed by atoms with Crippen LogP contribution in [0.15, 0.2) is 52.3 Å². The summed E-state index contributed by atoms with van der Waals surface area (Å²) in [5.74, 6) is 0.579. The second kappa shape index (κ2) is 12.6. The van der Waals surface area contributed by atoms with Crippen LogP contribution < -0.4 is 18.9 Å². The number of rotatable bonds is 12. The van der Waals surface area contributed by atoms with Crippen molar-refractivity contribution in [2.45, 2.75) is 32.7 Å². The molecule has 0 atom stereocenters. The van der Waals surface area contributed by atoms with E-state index in [0.717, 1.165) is 5.57 Å². The molecule has 15 heteroatoms. The van der Waals surface area contributed by atoms with Crippen LogP contribution in [0.1, 0.15) is 32.1 Å². The molecule has 0 saturated carbocycles. The Morgan fingerprint density at radius 1 is 1.07 bits per heavy atom. The third kappa shape index (κ3) is 7.93. The maximum absolute atomic E-state index is 11.2. The highest BCUT2D eigenvalue weighted by Gasteiger charge is 2.28. The number of aryl methyl sites for hydroxylation is 1. The third-order valence-corrected chi connectivity index (χ3v) is 8.38. The molecule has 0 bridgehead atoms. The summed E-state index contributed by atoms with van der Waals surface area (Å²) in [5.41, 5.74) is 2.38. The highest BCUT2D eigenvalue weighted by molar-refractivity contribution is 7.85. The van der Waals surface area contributed by atoms with Gasteiger partial charge in [0.05, 0.1) is 44.1 Å². The number of allylic oxidation sites excluding steroid dienone is 2.